The average Bonchev–Trinajstić information content (AvgIpc) is 3.02. The van der Waals surface area contributed by atoms with Gasteiger partial charge in [0, 0.05) is 5.39 Å². The Morgan fingerprint density at radius 3 is 2.35 bits per heavy atom. The molecule has 0 aliphatic carbocycles. The molecule has 0 atom stereocenters. The van der Waals surface area contributed by atoms with Crippen molar-refractivity contribution in [3.63, 3.8) is 0 Å². The lowest BCUT2D eigenvalue weighted by Crippen LogP contribution is -2.34. The second kappa shape index (κ2) is 7.33. The number of para-hydroxylation sites is 1. The van der Waals surface area contributed by atoms with Crippen LogP contribution in [0.5, 0.6) is 0 Å². The Labute approximate surface area is 162 Å². The third-order valence-corrected chi connectivity index (χ3v) is 4.20. The second-order valence-electron chi connectivity index (χ2n) is 5.18. The Bertz CT molecular complexity index is 992. The molecule has 2 aromatic carbocycles. The third kappa shape index (κ3) is 3.80. The van der Waals surface area contributed by atoms with E-state index in [1.165, 1.54) is 12.1 Å². The van der Waals surface area contributed by atoms with Crippen LogP contribution in [0.4, 0.5) is 5.69 Å². The number of thiocarbonyl (C=S) groups is 1. The smallest absolute Gasteiger partial charge is 0.335 e. The van der Waals surface area contributed by atoms with Gasteiger partial charge in [0.15, 0.2) is 10.9 Å². The molecule has 0 aliphatic heterocycles. The van der Waals surface area contributed by atoms with Crippen LogP contribution in [0.25, 0.3) is 11.0 Å². The van der Waals surface area contributed by atoms with Crippen LogP contribution in [0.2, 0.25) is 10.0 Å². The zero-order valence-corrected chi connectivity index (χ0v) is 15.2. The van der Waals surface area contributed by atoms with Crippen LogP contribution in [-0.4, -0.2) is 22.1 Å². The summed E-state index contributed by atoms with van der Waals surface area (Å²) in [7, 11) is 0. The number of amides is 1. The van der Waals surface area contributed by atoms with Gasteiger partial charge in [-0.25, -0.2) is 4.79 Å². The number of furan rings is 1. The van der Waals surface area contributed by atoms with E-state index in [1.807, 2.05) is 12.1 Å². The van der Waals surface area contributed by atoms with E-state index in [1.54, 1.807) is 18.2 Å². The van der Waals surface area contributed by atoms with E-state index in [4.69, 9.17) is 44.9 Å². The number of aromatic carboxylic acids is 1. The maximum absolute atomic E-state index is 12.3. The minimum absolute atomic E-state index is 0.0511. The number of hydrogen-bond donors (Lipinski definition) is 3. The molecule has 0 radical (unpaired) electrons. The maximum atomic E-state index is 12.3. The number of hydrogen-bond acceptors (Lipinski definition) is 4. The number of carbonyl (C=O) groups is 2. The summed E-state index contributed by atoms with van der Waals surface area (Å²) in [6.45, 7) is 0. The van der Waals surface area contributed by atoms with Crippen molar-refractivity contribution in [3.8, 4) is 0 Å². The molecule has 26 heavy (non-hydrogen) atoms. The summed E-state index contributed by atoms with van der Waals surface area (Å²) >= 11 is 17.1. The van der Waals surface area contributed by atoms with Crippen molar-refractivity contribution in [2.24, 2.45) is 0 Å². The van der Waals surface area contributed by atoms with Gasteiger partial charge in [-0.15, -0.1) is 0 Å². The number of rotatable bonds is 3. The number of nitrogens with one attached hydrogen (secondary N) is 2. The quantitative estimate of drug-likeness (QED) is 0.550. The Morgan fingerprint density at radius 1 is 1.08 bits per heavy atom. The highest BCUT2D eigenvalue weighted by atomic mass is 35.5. The summed E-state index contributed by atoms with van der Waals surface area (Å²) in [5, 5.41) is 14.9. The molecule has 0 saturated heterocycles. The molecule has 0 bridgehead atoms. The molecule has 1 amide bonds. The number of benzene rings is 2. The molecule has 3 N–H and O–H groups in total. The van der Waals surface area contributed by atoms with Crippen molar-refractivity contribution in [1.82, 2.24) is 5.32 Å². The summed E-state index contributed by atoms with van der Waals surface area (Å²) in [6, 6.07) is 11.2. The maximum Gasteiger partial charge on any atom is 0.335 e. The SMILES string of the molecule is O=C(O)c1cc(Cl)c(NC(=S)NC(=O)c2cc3ccccc3o2)c(Cl)c1. The molecule has 0 spiro atoms. The fourth-order valence-electron chi connectivity index (χ4n) is 2.22. The Morgan fingerprint density at radius 2 is 1.73 bits per heavy atom. The zero-order valence-electron chi connectivity index (χ0n) is 12.9. The van der Waals surface area contributed by atoms with Crippen molar-refractivity contribution in [1.29, 1.82) is 0 Å². The van der Waals surface area contributed by atoms with Crippen LogP contribution in [-0.2, 0) is 0 Å². The number of carboxylic acid groups (broad SMARTS) is 1. The number of halogens is 2. The molecular formula is C17H10Cl2N2O4S. The molecular weight excluding hydrogens is 399 g/mol. The van der Waals surface area contributed by atoms with Gasteiger partial charge in [-0.3, -0.25) is 10.1 Å². The Hall–Kier alpha value is -2.61. The molecule has 0 saturated carbocycles. The van der Waals surface area contributed by atoms with Crippen molar-refractivity contribution < 1.29 is 19.1 Å². The Balaban J connectivity index is 1.74. The average molecular weight is 409 g/mol. The standard InChI is InChI=1S/C17H10Cl2N2O4S/c18-10-5-9(16(23)24)6-11(19)14(10)20-17(26)21-15(22)13-7-8-3-1-2-4-12(8)25-13/h1-7H,(H,23,24)(H2,20,21,22,26). The van der Waals surface area contributed by atoms with E-state index >= 15 is 0 Å². The van der Waals surface area contributed by atoms with E-state index in [0.717, 1.165) is 5.39 Å². The summed E-state index contributed by atoms with van der Waals surface area (Å²) in [5.74, 6) is -1.62. The van der Waals surface area contributed by atoms with Crippen molar-refractivity contribution in [2.45, 2.75) is 0 Å². The van der Waals surface area contributed by atoms with E-state index in [9.17, 15) is 9.59 Å². The first kappa shape index (κ1) is 18.2. The van der Waals surface area contributed by atoms with Gasteiger partial charge in [0.25, 0.3) is 5.91 Å². The van der Waals surface area contributed by atoms with Crippen LogP contribution < -0.4 is 10.6 Å². The zero-order chi connectivity index (χ0) is 18.8. The summed E-state index contributed by atoms with van der Waals surface area (Å²) in [6.07, 6.45) is 0. The minimum Gasteiger partial charge on any atom is -0.478 e. The van der Waals surface area contributed by atoms with Gasteiger partial charge >= 0.3 is 5.97 Å². The molecule has 1 heterocycles. The van der Waals surface area contributed by atoms with Crippen LogP contribution in [0, 0.1) is 0 Å². The van der Waals surface area contributed by atoms with Crippen molar-refractivity contribution in [3.05, 3.63) is 63.8 Å². The molecule has 132 valence electrons. The monoisotopic (exact) mass is 408 g/mol. The van der Waals surface area contributed by atoms with Crippen molar-refractivity contribution >= 4 is 69.1 Å². The van der Waals surface area contributed by atoms with E-state index < -0.39 is 11.9 Å². The second-order valence-corrected chi connectivity index (χ2v) is 6.40. The Kier molecular flexibility index (Phi) is 5.13. The largest absolute Gasteiger partial charge is 0.478 e. The lowest BCUT2D eigenvalue weighted by molar-refractivity contribution is 0.0696. The van der Waals surface area contributed by atoms with Crippen LogP contribution in [0.3, 0.4) is 0 Å². The molecule has 6 nitrogen and oxygen atoms in total. The number of anilines is 1. The molecule has 3 aromatic rings. The first-order valence-corrected chi connectivity index (χ1v) is 8.35. The third-order valence-electron chi connectivity index (χ3n) is 3.40. The molecule has 9 heteroatoms. The van der Waals surface area contributed by atoms with E-state index in [-0.39, 0.29) is 32.2 Å². The lowest BCUT2D eigenvalue weighted by Gasteiger charge is -2.12. The highest BCUT2D eigenvalue weighted by molar-refractivity contribution is 7.80. The van der Waals surface area contributed by atoms with E-state index in [0.29, 0.717) is 5.58 Å². The summed E-state index contributed by atoms with van der Waals surface area (Å²) < 4.78 is 5.45. The highest BCUT2D eigenvalue weighted by Gasteiger charge is 2.16. The van der Waals surface area contributed by atoms with Gasteiger partial charge in [-0.2, -0.15) is 0 Å². The normalized spacial score (nSPS) is 10.5. The molecule has 0 unspecified atom stereocenters. The predicted octanol–water partition coefficient (Wildman–Crippen LogP) is 4.56. The molecule has 0 fully saturated rings. The highest BCUT2D eigenvalue weighted by Crippen LogP contribution is 2.32. The van der Waals surface area contributed by atoms with Gasteiger partial charge in [0.2, 0.25) is 0 Å². The number of carboxylic acids is 1. The van der Waals surface area contributed by atoms with Gasteiger partial charge in [-0.1, -0.05) is 41.4 Å². The molecule has 3 rings (SSSR count). The molecule has 1 aromatic heterocycles. The van der Waals surface area contributed by atoms with E-state index in [2.05, 4.69) is 10.6 Å². The van der Waals surface area contributed by atoms with Gasteiger partial charge in [-0.05, 0) is 36.5 Å². The minimum atomic E-state index is -1.17. The number of fused-ring (bicyclic) bond motifs is 1. The van der Waals surface area contributed by atoms with Crippen LogP contribution >= 0.6 is 35.4 Å². The fraction of sp³-hybridized carbons (Fsp3) is 0. The van der Waals surface area contributed by atoms with Crippen LogP contribution in [0.15, 0.2) is 46.9 Å². The fourth-order valence-corrected chi connectivity index (χ4v) is 3.00. The summed E-state index contributed by atoms with van der Waals surface area (Å²) in [4.78, 5) is 23.2. The summed E-state index contributed by atoms with van der Waals surface area (Å²) in [5.41, 5.74) is 0.697. The molecule has 0 aliphatic rings. The lowest BCUT2D eigenvalue weighted by atomic mass is 10.2. The predicted molar refractivity (Wildman–Crippen MR) is 103 cm³/mol. The van der Waals surface area contributed by atoms with Crippen LogP contribution in [0.1, 0.15) is 20.9 Å². The van der Waals surface area contributed by atoms with Crippen molar-refractivity contribution in [2.75, 3.05) is 5.32 Å². The first-order valence-electron chi connectivity index (χ1n) is 7.18. The number of carbonyl (C=O) groups excluding carboxylic acids is 1. The topological polar surface area (TPSA) is 91.6 Å². The van der Waals surface area contributed by atoms with Gasteiger partial charge in [0.1, 0.15) is 5.58 Å². The van der Waals surface area contributed by atoms with Gasteiger partial charge < -0.3 is 14.8 Å². The van der Waals surface area contributed by atoms with Gasteiger partial charge in [0.05, 0.1) is 21.3 Å². The first-order chi connectivity index (χ1) is 12.3.